The maximum absolute atomic E-state index is 12.6. The van der Waals surface area contributed by atoms with E-state index in [1.165, 1.54) is 12.1 Å². The van der Waals surface area contributed by atoms with Crippen molar-refractivity contribution >= 4 is 21.6 Å². The largest absolute Gasteiger partial charge is 0.378 e. The molecule has 0 radical (unpaired) electrons. The average molecular weight is 360 g/mol. The van der Waals surface area contributed by atoms with Crippen molar-refractivity contribution in [3.63, 3.8) is 0 Å². The first-order valence-corrected chi connectivity index (χ1v) is 9.51. The van der Waals surface area contributed by atoms with Gasteiger partial charge in [-0.25, -0.2) is 8.42 Å². The molecule has 3 rings (SSSR count). The van der Waals surface area contributed by atoms with Gasteiger partial charge in [0.1, 0.15) is 0 Å². The predicted octanol–water partition coefficient (Wildman–Crippen LogP) is 2.27. The van der Waals surface area contributed by atoms with Crippen LogP contribution in [0.15, 0.2) is 53.4 Å². The second-order valence-corrected chi connectivity index (χ2v) is 7.54. The molecule has 1 fully saturated rings. The third-order valence-corrected chi connectivity index (χ3v) is 5.46. The van der Waals surface area contributed by atoms with E-state index in [1.807, 2.05) is 0 Å². The fourth-order valence-electron chi connectivity index (χ4n) is 2.62. The molecule has 0 aromatic heterocycles. The van der Waals surface area contributed by atoms with Crippen LogP contribution >= 0.6 is 0 Å². The molecule has 0 aliphatic carbocycles. The van der Waals surface area contributed by atoms with Crippen molar-refractivity contribution in [3.8, 4) is 0 Å². The Bertz CT molecular complexity index is 860. The number of hydrogen-bond donors (Lipinski definition) is 1. The van der Waals surface area contributed by atoms with Gasteiger partial charge in [0, 0.05) is 18.7 Å². The third-order valence-electron chi connectivity index (χ3n) is 4.08. The Balaban J connectivity index is 1.86. The zero-order valence-corrected chi connectivity index (χ0v) is 14.8. The number of nitrogens with zero attached hydrogens (tertiary/aromatic N) is 1. The van der Waals surface area contributed by atoms with Gasteiger partial charge in [0.05, 0.1) is 23.8 Å². The number of carbonyl (C=O) groups excluding carboxylic acids is 1. The quantitative estimate of drug-likeness (QED) is 0.907. The van der Waals surface area contributed by atoms with Gasteiger partial charge in [-0.05, 0) is 36.8 Å². The number of carbonyl (C=O) groups is 1. The summed E-state index contributed by atoms with van der Waals surface area (Å²) in [6, 6.07) is 13.2. The highest BCUT2D eigenvalue weighted by Crippen LogP contribution is 2.22. The average Bonchev–Trinajstić information content (AvgIpc) is 2.64. The molecule has 0 atom stereocenters. The highest BCUT2D eigenvalue weighted by atomic mass is 32.2. The highest BCUT2D eigenvalue weighted by Gasteiger charge is 2.20. The van der Waals surface area contributed by atoms with E-state index in [2.05, 4.69) is 4.72 Å². The molecule has 1 aliphatic heterocycles. The number of morpholine rings is 1. The van der Waals surface area contributed by atoms with E-state index in [1.54, 1.807) is 48.2 Å². The number of benzene rings is 2. The molecule has 25 heavy (non-hydrogen) atoms. The predicted molar refractivity (Wildman–Crippen MR) is 95.2 cm³/mol. The third kappa shape index (κ3) is 4.00. The summed E-state index contributed by atoms with van der Waals surface area (Å²) in [5.74, 6) is -0.122. The minimum atomic E-state index is -3.70. The van der Waals surface area contributed by atoms with Gasteiger partial charge in [0.2, 0.25) is 0 Å². The lowest BCUT2D eigenvalue weighted by atomic mass is 10.1. The minimum absolute atomic E-state index is 0.122. The molecular formula is C18H20N2O4S. The monoisotopic (exact) mass is 360 g/mol. The first-order chi connectivity index (χ1) is 12.0. The smallest absolute Gasteiger partial charge is 0.261 e. The molecule has 1 N–H and O–H groups in total. The molecule has 2 aromatic rings. The summed E-state index contributed by atoms with van der Waals surface area (Å²) in [5.41, 5.74) is 1.61. The number of nitrogens with one attached hydrogen (secondary N) is 1. The highest BCUT2D eigenvalue weighted by molar-refractivity contribution is 7.92. The van der Waals surface area contributed by atoms with Gasteiger partial charge in [-0.3, -0.25) is 9.52 Å². The Kier molecular flexibility index (Phi) is 5.06. The van der Waals surface area contributed by atoms with Crippen LogP contribution in [0.4, 0.5) is 5.69 Å². The molecule has 1 aliphatic rings. The number of sulfonamides is 1. The van der Waals surface area contributed by atoms with Crippen LogP contribution < -0.4 is 4.72 Å². The molecule has 1 amide bonds. The first kappa shape index (κ1) is 17.4. The fraction of sp³-hybridized carbons (Fsp3) is 0.278. The lowest BCUT2D eigenvalue weighted by Gasteiger charge is -2.27. The van der Waals surface area contributed by atoms with Crippen LogP contribution in [0.2, 0.25) is 0 Å². The first-order valence-electron chi connectivity index (χ1n) is 8.03. The molecule has 0 bridgehead atoms. The SMILES string of the molecule is Cc1ccc(C(=O)N2CCOCC2)cc1NS(=O)(=O)c1ccccc1. The Morgan fingerprint density at radius 1 is 1.08 bits per heavy atom. The molecular weight excluding hydrogens is 340 g/mol. The van der Waals surface area contributed by atoms with Crippen molar-refractivity contribution in [1.82, 2.24) is 4.90 Å². The van der Waals surface area contributed by atoms with Gasteiger partial charge in [-0.2, -0.15) is 0 Å². The van der Waals surface area contributed by atoms with Crippen LogP contribution in [0.1, 0.15) is 15.9 Å². The van der Waals surface area contributed by atoms with Gasteiger partial charge in [0.15, 0.2) is 0 Å². The topological polar surface area (TPSA) is 75.7 Å². The van der Waals surface area contributed by atoms with Crippen LogP contribution in [0.5, 0.6) is 0 Å². The van der Waals surface area contributed by atoms with E-state index in [4.69, 9.17) is 4.74 Å². The normalized spacial score (nSPS) is 15.0. The van der Waals surface area contributed by atoms with Crippen molar-refractivity contribution < 1.29 is 17.9 Å². The summed E-state index contributed by atoms with van der Waals surface area (Å²) in [7, 11) is -3.70. The summed E-state index contributed by atoms with van der Waals surface area (Å²) in [4.78, 5) is 14.5. The standard InChI is InChI=1S/C18H20N2O4S/c1-14-7-8-15(18(21)20-9-11-24-12-10-20)13-17(14)19-25(22,23)16-5-3-2-4-6-16/h2-8,13,19H,9-12H2,1H3. The van der Waals surface area contributed by atoms with Crippen molar-refractivity contribution in [3.05, 3.63) is 59.7 Å². The van der Waals surface area contributed by atoms with Gasteiger partial charge in [-0.1, -0.05) is 24.3 Å². The zero-order chi connectivity index (χ0) is 17.9. The van der Waals surface area contributed by atoms with Crippen LogP contribution in [0.3, 0.4) is 0 Å². The Morgan fingerprint density at radius 3 is 2.44 bits per heavy atom. The number of rotatable bonds is 4. The summed E-state index contributed by atoms with van der Waals surface area (Å²) in [5, 5.41) is 0. The van der Waals surface area contributed by atoms with Crippen LogP contribution in [-0.4, -0.2) is 45.5 Å². The van der Waals surface area contributed by atoms with E-state index < -0.39 is 10.0 Å². The van der Waals surface area contributed by atoms with E-state index in [-0.39, 0.29) is 10.8 Å². The van der Waals surface area contributed by atoms with E-state index >= 15 is 0 Å². The van der Waals surface area contributed by atoms with Crippen molar-refractivity contribution in [1.29, 1.82) is 0 Å². The number of ether oxygens (including phenoxy) is 1. The summed E-state index contributed by atoms with van der Waals surface area (Å²) in [6.07, 6.45) is 0. The van der Waals surface area contributed by atoms with Gasteiger partial charge in [-0.15, -0.1) is 0 Å². The van der Waals surface area contributed by atoms with Crippen molar-refractivity contribution in [2.24, 2.45) is 0 Å². The van der Waals surface area contributed by atoms with Gasteiger partial charge < -0.3 is 9.64 Å². The molecule has 6 nitrogen and oxygen atoms in total. The number of aryl methyl sites for hydroxylation is 1. The Morgan fingerprint density at radius 2 is 1.76 bits per heavy atom. The fourth-order valence-corrected chi connectivity index (χ4v) is 3.76. The maximum atomic E-state index is 12.6. The summed E-state index contributed by atoms with van der Waals surface area (Å²) < 4.78 is 32.9. The molecule has 0 saturated carbocycles. The Labute approximate surface area is 147 Å². The summed E-state index contributed by atoms with van der Waals surface area (Å²) in [6.45, 7) is 3.91. The number of anilines is 1. The van der Waals surface area contributed by atoms with Crippen LogP contribution in [0, 0.1) is 6.92 Å². The van der Waals surface area contributed by atoms with Gasteiger partial charge >= 0.3 is 0 Å². The Hall–Kier alpha value is -2.38. The lowest BCUT2D eigenvalue weighted by Crippen LogP contribution is -2.40. The molecule has 0 unspecified atom stereocenters. The molecule has 0 spiro atoms. The zero-order valence-electron chi connectivity index (χ0n) is 13.9. The second-order valence-electron chi connectivity index (χ2n) is 5.85. The van der Waals surface area contributed by atoms with E-state index in [0.717, 1.165) is 5.56 Å². The number of amides is 1. The number of hydrogen-bond acceptors (Lipinski definition) is 4. The molecule has 2 aromatic carbocycles. The van der Waals surface area contributed by atoms with Crippen LogP contribution in [0.25, 0.3) is 0 Å². The molecule has 7 heteroatoms. The van der Waals surface area contributed by atoms with E-state index in [0.29, 0.717) is 37.6 Å². The minimum Gasteiger partial charge on any atom is -0.378 e. The molecule has 1 heterocycles. The van der Waals surface area contributed by atoms with Crippen molar-refractivity contribution in [2.75, 3.05) is 31.0 Å². The second kappa shape index (κ2) is 7.25. The summed E-state index contributed by atoms with van der Waals surface area (Å²) >= 11 is 0. The van der Waals surface area contributed by atoms with Gasteiger partial charge in [0.25, 0.3) is 15.9 Å². The molecule has 132 valence electrons. The molecule has 1 saturated heterocycles. The van der Waals surface area contributed by atoms with Crippen molar-refractivity contribution in [2.45, 2.75) is 11.8 Å². The maximum Gasteiger partial charge on any atom is 0.261 e. The van der Waals surface area contributed by atoms with Crippen LogP contribution in [-0.2, 0) is 14.8 Å². The van der Waals surface area contributed by atoms with E-state index in [9.17, 15) is 13.2 Å². The lowest BCUT2D eigenvalue weighted by molar-refractivity contribution is 0.0303.